The topological polar surface area (TPSA) is 85.2 Å². The van der Waals surface area contributed by atoms with E-state index in [-0.39, 0.29) is 5.75 Å². The number of nitrogens with two attached hydrogens (primary N) is 1. The van der Waals surface area contributed by atoms with Crippen LogP contribution in [0.5, 0.6) is 5.75 Å². The van der Waals surface area contributed by atoms with Gasteiger partial charge in [0.15, 0.2) is 0 Å². The molecule has 5 heteroatoms. The number of phenolic OH excluding ortho intramolecular Hbond substituents is 1. The Morgan fingerprint density at radius 1 is 1.00 bits per heavy atom. The van der Waals surface area contributed by atoms with Crippen molar-refractivity contribution in [1.82, 2.24) is 10.1 Å². The molecule has 0 saturated carbocycles. The Bertz CT molecular complexity index is 693. The monoisotopic (exact) mass is 267 g/mol. The van der Waals surface area contributed by atoms with Gasteiger partial charge in [-0.05, 0) is 29.8 Å². The summed E-state index contributed by atoms with van der Waals surface area (Å²) in [6.07, 6.45) is 0. The minimum atomic E-state index is -0.449. The number of benzene rings is 2. The molecule has 20 heavy (non-hydrogen) atoms. The molecule has 1 heterocycles. The summed E-state index contributed by atoms with van der Waals surface area (Å²) in [5.41, 5.74) is 7.77. The Kier molecular flexibility index (Phi) is 3.18. The Morgan fingerprint density at radius 3 is 2.40 bits per heavy atom. The summed E-state index contributed by atoms with van der Waals surface area (Å²) in [5, 5.41) is 13.2. The summed E-state index contributed by atoms with van der Waals surface area (Å²) in [6, 6.07) is 15.7. The maximum atomic E-state index is 9.26. The molecular formula is C15H13N3O2. The quantitative estimate of drug-likeness (QED) is 0.761. The molecule has 5 nitrogen and oxygen atoms in total. The van der Waals surface area contributed by atoms with Gasteiger partial charge in [-0.3, -0.25) is 0 Å². The van der Waals surface area contributed by atoms with Crippen LogP contribution in [0.1, 0.15) is 17.5 Å². The molecule has 0 amide bonds. The number of aromatic nitrogens is 2. The first kappa shape index (κ1) is 12.4. The molecule has 100 valence electrons. The summed E-state index contributed by atoms with van der Waals surface area (Å²) in [4.78, 5) is 4.30. The Hall–Kier alpha value is -2.66. The summed E-state index contributed by atoms with van der Waals surface area (Å²) in [7, 11) is 0. The van der Waals surface area contributed by atoms with Gasteiger partial charge < -0.3 is 15.4 Å². The van der Waals surface area contributed by atoms with Crippen LogP contribution in [-0.2, 0) is 0 Å². The highest BCUT2D eigenvalue weighted by atomic mass is 16.5. The minimum absolute atomic E-state index is 0.193. The first-order valence-corrected chi connectivity index (χ1v) is 6.17. The van der Waals surface area contributed by atoms with Crippen molar-refractivity contribution in [1.29, 1.82) is 0 Å². The average Bonchev–Trinajstić information content (AvgIpc) is 2.98. The van der Waals surface area contributed by atoms with Crippen molar-refractivity contribution in [2.45, 2.75) is 6.04 Å². The van der Waals surface area contributed by atoms with Crippen LogP contribution >= 0.6 is 0 Å². The molecule has 0 aliphatic carbocycles. The third-order valence-corrected chi connectivity index (χ3v) is 2.99. The summed E-state index contributed by atoms with van der Waals surface area (Å²) < 4.78 is 5.22. The Morgan fingerprint density at radius 2 is 1.70 bits per heavy atom. The van der Waals surface area contributed by atoms with E-state index in [1.165, 1.54) is 0 Å². The van der Waals surface area contributed by atoms with Crippen molar-refractivity contribution in [2.75, 3.05) is 0 Å². The van der Waals surface area contributed by atoms with Crippen molar-refractivity contribution >= 4 is 0 Å². The largest absolute Gasteiger partial charge is 0.508 e. The maximum Gasteiger partial charge on any atom is 0.248 e. The van der Waals surface area contributed by atoms with Crippen molar-refractivity contribution < 1.29 is 9.63 Å². The van der Waals surface area contributed by atoms with Crippen LogP contribution in [0.25, 0.3) is 11.4 Å². The van der Waals surface area contributed by atoms with Gasteiger partial charge in [-0.2, -0.15) is 4.98 Å². The van der Waals surface area contributed by atoms with Crippen LogP contribution < -0.4 is 5.73 Å². The van der Waals surface area contributed by atoms with E-state index in [0.717, 1.165) is 11.1 Å². The SMILES string of the molecule is N[C@@H](c1ccccc1)c1nc(-c2ccc(O)cc2)no1. The lowest BCUT2D eigenvalue weighted by atomic mass is 10.1. The number of hydrogen-bond acceptors (Lipinski definition) is 5. The predicted molar refractivity (Wildman–Crippen MR) is 73.9 cm³/mol. The van der Waals surface area contributed by atoms with E-state index in [2.05, 4.69) is 10.1 Å². The lowest BCUT2D eigenvalue weighted by Crippen LogP contribution is -2.11. The maximum absolute atomic E-state index is 9.26. The molecule has 0 unspecified atom stereocenters. The second kappa shape index (κ2) is 5.14. The smallest absolute Gasteiger partial charge is 0.248 e. The molecule has 3 N–H and O–H groups in total. The van der Waals surface area contributed by atoms with Gasteiger partial charge >= 0.3 is 0 Å². The molecule has 0 aliphatic rings. The van der Waals surface area contributed by atoms with Crippen LogP contribution in [0.4, 0.5) is 0 Å². The Balaban J connectivity index is 1.89. The van der Waals surface area contributed by atoms with Crippen molar-refractivity contribution in [2.24, 2.45) is 5.73 Å². The number of hydrogen-bond donors (Lipinski definition) is 2. The van der Waals surface area contributed by atoms with E-state index in [0.29, 0.717) is 11.7 Å². The molecule has 3 aromatic rings. The fourth-order valence-electron chi connectivity index (χ4n) is 1.89. The molecule has 0 aliphatic heterocycles. The minimum Gasteiger partial charge on any atom is -0.508 e. The summed E-state index contributed by atoms with van der Waals surface area (Å²) in [6.45, 7) is 0. The fourth-order valence-corrected chi connectivity index (χ4v) is 1.89. The standard InChI is InChI=1S/C15H13N3O2/c16-13(10-4-2-1-3-5-10)15-17-14(18-20-15)11-6-8-12(19)9-7-11/h1-9,13,19H,16H2/t13-/m0/s1. The first-order valence-electron chi connectivity index (χ1n) is 6.17. The van der Waals surface area contributed by atoms with Gasteiger partial charge in [-0.25, -0.2) is 0 Å². The van der Waals surface area contributed by atoms with Gasteiger partial charge in [0.05, 0.1) is 0 Å². The van der Waals surface area contributed by atoms with Gasteiger partial charge in [0.25, 0.3) is 0 Å². The van der Waals surface area contributed by atoms with E-state index in [1.54, 1.807) is 24.3 Å². The van der Waals surface area contributed by atoms with E-state index in [4.69, 9.17) is 10.3 Å². The highest BCUT2D eigenvalue weighted by Crippen LogP contribution is 2.22. The molecule has 0 radical (unpaired) electrons. The normalized spacial score (nSPS) is 12.2. The second-order valence-corrected chi connectivity index (χ2v) is 4.39. The molecule has 1 aromatic heterocycles. The molecule has 2 aromatic carbocycles. The van der Waals surface area contributed by atoms with Crippen molar-refractivity contribution in [3.63, 3.8) is 0 Å². The molecular weight excluding hydrogens is 254 g/mol. The number of rotatable bonds is 3. The summed E-state index contributed by atoms with van der Waals surface area (Å²) >= 11 is 0. The van der Waals surface area contributed by atoms with Crippen LogP contribution in [0.2, 0.25) is 0 Å². The first-order chi connectivity index (χ1) is 9.74. The van der Waals surface area contributed by atoms with Crippen LogP contribution in [0.15, 0.2) is 59.1 Å². The number of phenols is 1. The zero-order valence-corrected chi connectivity index (χ0v) is 10.6. The van der Waals surface area contributed by atoms with Crippen molar-refractivity contribution in [3.8, 4) is 17.1 Å². The van der Waals surface area contributed by atoms with Gasteiger partial charge in [-0.1, -0.05) is 35.5 Å². The zero-order chi connectivity index (χ0) is 13.9. The van der Waals surface area contributed by atoms with E-state index < -0.39 is 6.04 Å². The molecule has 3 rings (SSSR count). The van der Waals surface area contributed by atoms with E-state index in [9.17, 15) is 5.11 Å². The molecule has 0 fully saturated rings. The molecule has 1 atom stereocenters. The van der Waals surface area contributed by atoms with E-state index >= 15 is 0 Å². The molecule has 0 saturated heterocycles. The lowest BCUT2D eigenvalue weighted by Gasteiger charge is -2.05. The molecule has 0 bridgehead atoms. The van der Waals surface area contributed by atoms with Crippen LogP contribution in [0.3, 0.4) is 0 Å². The number of aromatic hydroxyl groups is 1. The van der Waals surface area contributed by atoms with Gasteiger partial charge in [0.2, 0.25) is 11.7 Å². The van der Waals surface area contributed by atoms with E-state index in [1.807, 2.05) is 30.3 Å². The third kappa shape index (κ3) is 2.39. The summed E-state index contributed by atoms with van der Waals surface area (Å²) in [5.74, 6) is 1.00. The van der Waals surface area contributed by atoms with Gasteiger partial charge in [0, 0.05) is 5.56 Å². The van der Waals surface area contributed by atoms with Gasteiger partial charge in [0.1, 0.15) is 11.8 Å². The third-order valence-electron chi connectivity index (χ3n) is 2.99. The highest BCUT2D eigenvalue weighted by Gasteiger charge is 2.17. The van der Waals surface area contributed by atoms with Crippen LogP contribution in [-0.4, -0.2) is 15.2 Å². The number of nitrogens with zero attached hydrogens (tertiary/aromatic N) is 2. The predicted octanol–water partition coefficient (Wildman–Crippen LogP) is 2.49. The average molecular weight is 267 g/mol. The van der Waals surface area contributed by atoms with Gasteiger partial charge in [-0.15, -0.1) is 0 Å². The van der Waals surface area contributed by atoms with Crippen LogP contribution in [0, 0.1) is 0 Å². The molecule has 0 spiro atoms. The fraction of sp³-hybridized carbons (Fsp3) is 0.0667. The highest BCUT2D eigenvalue weighted by molar-refractivity contribution is 5.55. The lowest BCUT2D eigenvalue weighted by molar-refractivity contribution is 0.367. The second-order valence-electron chi connectivity index (χ2n) is 4.39. The Labute approximate surface area is 115 Å². The van der Waals surface area contributed by atoms with Crippen molar-refractivity contribution in [3.05, 3.63) is 66.1 Å². The zero-order valence-electron chi connectivity index (χ0n) is 10.6.